The minimum atomic E-state index is 0.645. The molecule has 0 radical (unpaired) electrons. The third kappa shape index (κ3) is 4.46. The summed E-state index contributed by atoms with van der Waals surface area (Å²) in [6.45, 7) is 11.7. The summed E-state index contributed by atoms with van der Waals surface area (Å²) in [5, 5.41) is 2.62. The third-order valence-corrected chi connectivity index (χ3v) is 6.88. The molecule has 1 aromatic heterocycles. The first-order valence-electron chi connectivity index (χ1n) is 9.58. The van der Waals surface area contributed by atoms with Crippen molar-refractivity contribution >= 4 is 45.3 Å². The van der Waals surface area contributed by atoms with Crippen LogP contribution in [0.5, 0.6) is 0 Å². The van der Waals surface area contributed by atoms with Crippen molar-refractivity contribution in [1.82, 2.24) is 0 Å². The van der Waals surface area contributed by atoms with Crippen molar-refractivity contribution in [3.8, 4) is 11.1 Å². The second-order valence-corrected chi connectivity index (χ2v) is 8.64. The highest BCUT2D eigenvalue weighted by Gasteiger charge is 2.25. The van der Waals surface area contributed by atoms with Crippen LogP contribution in [0.3, 0.4) is 0 Å². The van der Waals surface area contributed by atoms with Crippen LogP contribution in [0.2, 0.25) is 10.0 Å². The number of anilines is 1. The van der Waals surface area contributed by atoms with Crippen LogP contribution in [-0.4, -0.2) is 32.0 Å². The molecule has 1 aromatic carbocycles. The largest absolute Gasteiger partial charge is 0.378 e. The molecule has 0 saturated carbocycles. The van der Waals surface area contributed by atoms with Crippen LogP contribution >= 0.6 is 34.5 Å². The van der Waals surface area contributed by atoms with Crippen LogP contribution in [0, 0.1) is 0 Å². The zero-order valence-corrected chi connectivity index (χ0v) is 19.1. The summed E-state index contributed by atoms with van der Waals surface area (Å²) in [5.41, 5.74) is 5.53. The average Bonchev–Trinajstić information content (AvgIpc) is 3.08. The van der Waals surface area contributed by atoms with Gasteiger partial charge in [0.05, 0.1) is 28.8 Å². The highest BCUT2D eigenvalue weighted by molar-refractivity contribution is 7.19. The SMILES string of the molecule is C/C=C(/C)N=C(C)c1sc(N2CCOCC2)c(CC)c1-c1ccc(Cl)cc1Cl. The first-order chi connectivity index (χ1) is 13.5. The summed E-state index contributed by atoms with van der Waals surface area (Å²) in [7, 11) is 0. The second kappa shape index (κ2) is 9.45. The standard InChI is InChI=1S/C22H26Cl2N2OS/c1-5-14(3)25-15(4)21-20(18-8-7-16(23)13-19(18)24)17(6-2)22(28-21)26-9-11-27-12-10-26/h5,7-8,13H,6,9-12H2,1-4H3/b14-5-,25-15?. The van der Waals surface area contributed by atoms with Gasteiger partial charge < -0.3 is 9.64 Å². The van der Waals surface area contributed by atoms with Crippen molar-refractivity contribution in [2.45, 2.75) is 34.1 Å². The summed E-state index contributed by atoms with van der Waals surface area (Å²) < 4.78 is 5.56. The van der Waals surface area contributed by atoms with Gasteiger partial charge in [-0.2, -0.15) is 0 Å². The minimum absolute atomic E-state index is 0.645. The molecule has 28 heavy (non-hydrogen) atoms. The summed E-state index contributed by atoms with van der Waals surface area (Å²) in [6.07, 6.45) is 2.95. The highest BCUT2D eigenvalue weighted by atomic mass is 35.5. The van der Waals surface area contributed by atoms with E-state index in [9.17, 15) is 0 Å². The molecule has 6 heteroatoms. The van der Waals surface area contributed by atoms with Gasteiger partial charge in [0.1, 0.15) is 0 Å². The lowest BCUT2D eigenvalue weighted by Crippen LogP contribution is -2.36. The van der Waals surface area contributed by atoms with Gasteiger partial charge in [-0.05, 0) is 44.9 Å². The van der Waals surface area contributed by atoms with Crippen molar-refractivity contribution in [2.75, 3.05) is 31.2 Å². The first-order valence-corrected chi connectivity index (χ1v) is 11.2. The molecule has 0 unspecified atom stereocenters. The van der Waals surface area contributed by atoms with Crippen LogP contribution < -0.4 is 4.90 Å². The third-order valence-electron chi connectivity index (χ3n) is 4.93. The van der Waals surface area contributed by atoms with E-state index in [0.717, 1.165) is 49.7 Å². The summed E-state index contributed by atoms with van der Waals surface area (Å²) in [5.74, 6) is 0. The molecule has 2 heterocycles. The minimum Gasteiger partial charge on any atom is -0.378 e. The number of morpholine rings is 1. The summed E-state index contributed by atoms with van der Waals surface area (Å²) >= 11 is 14.6. The van der Waals surface area contributed by atoms with Crippen molar-refractivity contribution < 1.29 is 4.74 Å². The maximum Gasteiger partial charge on any atom is 0.0955 e. The molecule has 0 amide bonds. The van der Waals surface area contributed by atoms with Gasteiger partial charge in [-0.3, -0.25) is 4.99 Å². The lowest BCUT2D eigenvalue weighted by molar-refractivity contribution is 0.123. The fourth-order valence-electron chi connectivity index (χ4n) is 3.41. The second-order valence-electron chi connectivity index (χ2n) is 6.79. The van der Waals surface area contributed by atoms with E-state index in [1.807, 2.05) is 38.1 Å². The van der Waals surface area contributed by atoms with Crippen molar-refractivity contribution in [3.63, 3.8) is 0 Å². The number of hydrogen-bond donors (Lipinski definition) is 0. The Morgan fingerprint density at radius 1 is 1.25 bits per heavy atom. The van der Waals surface area contributed by atoms with E-state index in [-0.39, 0.29) is 0 Å². The number of nitrogens with zero attached hydrogens (tertiary/aromatic N) is 2. The first kappa shape index (κ1) is 21.4. The van der Waals surface area contributed by atoms with E-state index in [2.05, 4.69) is 18.7 Å². The van der Waals surface area contributed by atoms with Gasteiger partial charge >= 0.3 is 0 Å². The van der Waals surface area contributed by atoms with E-state index >= 15 is 0 Å². The number of thiophene rings is 1. The Kier molecular flexibility index (Phi) is 7.21. The van der Waals surface area contributed by atoms with E-state index in [0.29, 0.717) is 10.0 Å². The molecule has 0 N–H and O–H groups in total. The number of halogens is 2. The van der Waals surface area contributed by atoms with Crippen LogP contribution in [0.25, 0.3) is 11.1 Å². The molecule has 0 aliphatic carbocycles. The Labute approximate surface area is 181 Å². The van der Waals surface area contributed by atoms with Gasteiger partial charge in [0.2, 0.25) is 0 Å². The van der Waals surface area contributed by atoms with Gasteiger partial charge in [-0.15, -0.1) is 11.3 Å². The topological polar surface area (TPSA) is 24.8 Å². The number of benzene rings is 1. The van der Waals surface area contributed by atoms with Gasteiger partial charge in [0.25, 0.3) is 0 Å². The molecular formula is C22H26Cl2N2OS. The smallest absolute Gasteiger partial charge is 0.0955 e. The Hall–Kier alpha value is -1.33. The van der Waals surface area contributed by atoms with Gasteiger partial charge in [0, 0.05) is 40.0 Å². The van der Waals surface area contributed by atoms with E-state index in [1.54, 1.807) is 11.3 Å². The predicted octanol–water partition coefficient (Wildman–Crippen LogP) is 6.85. The maximum absolute atomic E-state index is 6.63. The van der Waals surface area contributed by atoms with Crippen LogP contribution in [0.4, 0.5) is 5.00 Å². The molecular weight excluding hydrogens is 411 g/mol. The number of aliphatic imine (C=N–C) groups is 1. The molecule has 1 aliphatic heterocycles. The normalized spacial score (nSPS) is 16.0. The van der Waals surface area contributed by atoms with Crippen molar-refractivity contribution in [3.05, 3.63) is 50.5 Å². The van der Waals surface area contributed by atoms with Crippen LogP contribution in [0.15, 0.2) is 35.0 Å². The Morgan fingerprint density at radius 3 is 2.57 bits per heavy atom. The zero-order valence-electron chi connectivity index (χ0n) is 16.8. The molecule has 1 aliphatic rings. The summed E-state index contributed by atoms with van der Waals surface area (Å²) in [6, 6.07) is 5.74. The zero-order chi connectivity index (χ0) is 20.3. The molecule has 0 spiro atoms. The van der Waals surface area contributed by atoms with Crippen molar-refractivity contribution in [2.24, 2.45) is 4.99 Å². The quantitative estimate of drug-likeness (QED) is 0.478. The van der Waals surface area contributed by atoms with Gasteiger partial charge in [-0.25, -0.2) is 0 Å². The fraction of sp³-hybridized carbons (Fsp3) is 0.409. The Bertz CT molecular complexity index is 912. The monoisotopic (exact) mass is 436 g/mol. The fourth-order valence-corrected chi connectivity index (χ4v) is 5.32. The van der Waals surface area contributed by atoms with E-state index in [1.165, 1.54) is 21.0 Å². The van der Waals surface area contributed by atoms with Crippen LogP contribution in [0.1, 0.15) is 38.1 Å². The van der Waals surface area contributed by atoms with E-state index in [4.69, 9.17) is 32.9 Å². The molecule has 3 nitrogen and oxygen atoms in total. The number of allylic oxidation sites excluding steroid dienone is 2. The number of rotatable bonds is 5. The van der Waals surface area contributed by atoms with Gasteiger partial charge in [0.15, 0.2) is 0 Å². The number of ether oxygens (including phenoxy) is 1. The number of hydrogen-bond acceptors (Lipinski definition) is 4. The van der Waals surface area contributed by atoms with E-state index < -0.39 is 0 Å². The molecule has 1 fully saturated rings. The van der Waals surface area contributed by atoms with Gasteiger partial charge in [-0.1, -0.05) is 42.3 Å². The molecule has 0 bridgehead atoms. The molecule has 0 atom stereocenters. The summed E-state index contributed by atoms with van der Waals surface area (Å²) in [4.78, 5) is 8.41. The molecule has 150 valence electrons. The molecule has 3 rings (SSSR count). The van der Waals surface area contributed by atoms with Crippen molar-refractivity contribution in [1.29, 1.82) is 0 Å². The average molecular weight is 437 g/mol. The molecule has 1 saturated heterocycles. The Morgan fingerprint density at radius 2 is 1.96 bits per heavy atom. The molecule has 2 aromatic rings. The van der Waals surface area contributed by atoms with Crippen LogP contribution in [-0.2, 0) is 11.2 Å². The lowest BCUT2D eigenvalue weighted by Gasteiger charge is -2.28. The lowest BCUT2D eigenvalue weighted by atomic mass is 9.97. The highest BCUT2D eigenvalue weighted by Crippen LogP contribution is 2.45. The maximum atomic E-state index is 6.63. The predicted molar refractivity (Wildman–Crippen MR) is 124 cm³/mol. The Balaban J connectivity index is 2.24.